The van der Waals surface area contributed by atoms with E-state index in [1.165, 1.54) is 12.1 Å². The van der Waals surface area contributed by atoms with Crippen LogP contribution in [-0.4, -0.2) is 66.1 Å². The normalized spacial score (nSPS) is 14.3. The number of aromatic amines is 1. The van der Waals surface area contributed by atoms with Crippen LogP contribution in [0.1, 0.15) is 38.5 Å². The SMILES string of the molecule is Cc1onc(-c2ccc(F)cc2)c1C(=O)c1c[nH]c2cc(C(=O)NCCCN3CCOCC3)ccc12. The number of nitrogens with zero attached hydrogens (tertiary/aromatic N) is 2. The molecule has 5 rings (SSSR count). The molecular formula is C27H27FN4O4. The number of H-pyrrole nitrogens is 1. The van der Waals surface area contributed by atoms with Crippen molar-refractivity contribution in [2.24, 2.45) is 0 Å². The maximum atomic E-state index is 13.5. The molecular weight excluding hydrogens is 463 g/mol. The Hall–Kier alpha value is -3.82. The second-order valence-electron chi connectivity index (χ2n) is 8.82. The third-order valence-electron chi connectivity index (χ3n) is 6.44. The predicted octanol–water partition coefficient (Wildman–Crippen LogP) is 3.95. The Morgan fingerprint density at radius 2 is 1.92 bits per heavy atom. The first-order chi connectivity index (χ1) is 17.5. The summed E-state index contributed by atoms with van der Waals surface area (Å²) >= 11 is 0. The summed E-state index contributed by atoms with van der Waals surface area (Å²) in [6.07, 6.45) is 2.49. The Labute approximate surface area is 207 Å². The molecule has 0 saturated carbocycles. The van der Waals surface area contributed by atoms with Crippen LogP contribution in [-0.2, 0) is 4.74 Å². The molecule has 3 heterocycles. The number of hydrogen-bond acceptors (Lipinski definition) is 6. The minimum absolute atomic E-state index is 0.158. The summed E-state index contributed by atoms with van der Waals surface area (Å²) < 4.78 is 24.0. The van der Waals surface area contributed by atoms with Gasteiger partial charge in [-0.1, -0.05) is 11.2 Å². The minimum atomic E-state index is -0.375. The molecule has 2 aromatic carbocycles. The molecule has 9 heteroatoms. The Morgan fingerprint density at radius 1 is 1.14 bits per heavy atom. The van der Waals surface area contributed by atoms with Gasteiger partial charge in [-0.15, -0.1) is 0 Å². The van der Waals surface area contributed by atoms with Crippen LogP contribution in [0.2, 0.25) is 0 Å². The van der Waals surface area contributed by atoms with Gasteiger partial charge in [0.25, 0.3) is 5.91 Å². The van der Waals surface area contributed by atoms with Gasteiger partial charge in [-0.25, -0.2) is 4.39 Å². The lowest BCUT2D eigenvalue weighted by Gasteiger charge is -2.26. The molecule has 0 unspecified atom stereocenters. The smallest absolute Gasteiger partial charge is 0.251 e. The topological polar surface area (TPSA) is 100 Å². The van der Waals surface area contributed by atoms with E-state index in [0.29, 0.717) is 51.2 Å². The molecule has 0 spiro atoms. The first-order valence-electron chi connectivity index (χ1n) is 12.0. The van der Waals surface area contributed by atoms with E-state index in [0.717, 1.165) is 39.3 Å². The molecule has 186 valence electrons. The van der Waals surface area contributed by atoms with Gasteiger partial charge in [-0.05, 0) is 56.3 Å². The van der Waals surface area contributed by atoms with Crippen LogP contribution in [0.4, 0.5) is 4.39 Å². The van der Waals surface area contributed by atoms with E-state index in [4.69, 9.17) is 9.26 Å². The first kappa shape index (κ1) is 23.9. The lowest BCUT2D eigenvalue weighted by Crippen LogP contribution is -2.38. The Morgan fingerprint density at radius 3 is 2.69 bits per heavy atom. The summed E-state index contributed by atoms with van der Waals surface area (Å²) in [5.74, 6) is -0.420. The zero-order valence-corrected chi connectivity index (χ0v) is 20.0. The van der Waals surface area contributed by atoms with Gasteiger partial charge < -0.3 is 19.6 Å². The number of carbonyl (C=O) groups excluding carboxylic acids is 2. The van der Waals surface area contributed by atoms with Crippen LogP contribution in [0.3, 0.4) is 0 Å². The van der Waals surface area contributed by atoms with Gasteiger partial charge in [0.1, 0.15) is 17.3 Å². The molecule has 0 bridgehead atoms. The first-order valence-corrected chi connectivity index (χ1v) is 12.0. The Bertz CT molecular complexity index is 1390. The van der Waals surface area contributed by atoms with Crippen molar-refractivity contribution in [2.75, 3.05) is 39.4 Å². The molecule has 1 saturated heterocycles. The van der Waals surface area contributed by atoms with Crippen molar-refractivity contribution in [3.63, 3.8) is 0 Å². The van der Waals surface area contributed by atoms with E-state index < -0.39 is 0 Å². The molecule has 36 heavy (non-hydrogen) atoms. The van der Waals surface area contributed by atoms with Crippen molar-refractivity contribution in [1.82, 2.24) is 20.4 Å². The molecule has 2 aromatic heterocycles. The molecule has 4 aromatic rings. The van der Waals surface area contributed by atoms with Crippen LogP contribution in [0.15, 0.2) is 53.2 Å². The van der Waals surface area contributed by atoms with Gasteiger partial charge in [0.2, 0.25) is 5.78 Å². The van der Waals surface area contributed by atoms with Crippen LogP contribution in [0.25, 0.3) is 22.2 Å². The Kier molecular flexibility index (Phi) is 6.92. The standard InChI is InChI=1S/C27H27FN4O4/c1-17-24(25(31-36-17)18-3-6-20(28)7-4-18)26(33)22-16-30-23-15-19(5-8-21(22)23)27(34)29-9-2-10-32-11-13-35-14-12-32/h3-8,15-16,30H,2,9-14H2,1H3,(H,29,34). The van der Waals surface area contributed by atoms with Gasteiger partial charge in [0.15, 0.2) is 0 Å². The molecule has 1 aliphatic heterocycles. The molecule has 0 aliphatic carbocycles. The van der Waals surface area contributed by atoms with Crippen molar-refractivity contribution < 1.29 is 23.2 Å². The van der Waals surface area contributed by atoms with Crippen LogP contribution < -0.4 is 5.32 Å². The molecule has 0 radical (unpaired) electrons. The van der Waals surface area contributed by atoms with E-state index in [1.807, 2.05) is 0 Å². The summed E-state index contributed by atoms with van der Waals surface area (Å²) in [7, 11) is 0. The maximum Gasteiger partial charge on any atom is 0.251 e. The fourth-order valence-electron chi connectivity index (χ4n) is 4.47. The maximum absolute atomic E-state index is 13.5. The molecule has 2 N–H and O–H groups in total. The van der Waals surface area contributed by atoms with Crippen molar-refractivity contribution >= 4 is 22.6 Å². The number of morpholine rings is 1. The number of amides is 1. The number of rotatable bonds is 8. The average Bonchev–Trinajstić information content (AvgIpc) is 3.50. The van der Waals surface area contributed by atoms with E-state index in [9.17, 15) is 14.0 Å². The van der Waals surface area contributed by atoms with Crippen molar-refractivity contribution in [3.8, 4) is 11.3 Å². The largest absolute Gasteiger partial charge is 0.379 e. The number of ether oxygens (including phenoxy) is 1. The zero-order chi connectivity index (χ0) is 25.1. The molecule has 1 fully saturated rings. The number of aromatic nitrogens is 2. The number of ketones is 1. The number of halogens is 1. The number of benzene rings is 2. The summed E-state index contributed by atoms with van der Waals surface area (Å²) in [5, 5.41) is 7.70. The highest BCUT2D eigenvalue weighted by atomic mass is 19.1. The quantitative estimate of drug-likeness (QED) is 0.287. The van der Waals surface area contributed by atoms with E-state index in [1.54, 1.807) is 43.5 Å². The van der Waals surface area contributed by atoms with E-state index >= 15 is 0 Å². The number of carbonyl (C=O) groups is 2. The van der Waals surface area contributed by atoms with Gasteiger partial charge in [0, 0.05) is 53.4 Å². The van der Waals surface area contributed by atoms with Crippen LogP contribution in [0.5, 0.6) is 0 Å². The number of hydrogen-bond donors (Lipinski definition) is 2. The summed E-state index contributed by atoms with van der Waals surface area (Å²) in [6.45, 7) is 6.56. The molecule has 0 atom stereocenters. The second-order valence-corrected chi connectivity index (χ2v) is 8.82. The minimum Gasteiger partial charge on any atom is -0.379 e. The fraction of sp³-hybridized carbons (Fsp3) is 0.296. The summed E-state index contributed by atoms with van der Waals surface area (Å²) in [5.41, 5.74) is 2.91. The highest BCUT2D eigenvalue weighted by molar-refractivity contribution is 6.19. The predicted molar refractivity (Wildman–Crippen MR) is 133 cm³/mol. The molecule has 1 aliphatic rings. The number of nitrogens with one attached hydrogen (secondary N) is 2. The monoisotopic (exact) mass is 490 g/mol. The Balaban J connectivity index is 1.30. The number of fused-ring (bicyclic) bond motifs is 1. The van der Waals surface area contributed by atoms with Crippen molar-refractivity contribution in [2.45, 2.75) is 13.3 Å². The molecule has 8 nitrogen and oxygen atoms in total. The summed E-state index contributed by atoms with van der Waals surface area (Å²) in [6, 6.07) is 11.0. The second kappa shape index (κ2) is 10.4. The zero-order valence-electron chi connectivity index (χ0n) is 20.0. The lowest BCUT2D eigenvalue weighted by molar-refractivity contribution is 0.0374. The third kappa shape index (κ3) is 4.93. The van der Waals surface area contributed by atoms with E-state index in [2.05, 4.69) is 20.4 Å². The van der Waals surface area contributed by atoms with Gasteiger partial charge in [-0.3, -0.25) is 14.5 Å². The number of aryl methyl sites for hydroxylation is 1. The lowest BCUT2D eigenvalue weighted by atomic mass is 9.97. The van der Waals surface area contributed by atoms with E-state index in [-0.39, 0.29) is 17.5 Å². The average molecular weight is 491 g/mol. The fourth-order valence-corrected chi connectivity index (χ4v) is 4.47. The van der Waals surface area contributed by atoms with Crippen molar-refractivity contribution in [3.05, 3.63) is 76.9 Å². The summed E-state index contributed by atoms with van der Waals surface area (Å²) in [4.78, 5) is 31.6. The van der Waals surface area contributed by atoms with Gasteiger partial charge in [-0.2, -0.15) is 0 Å². The van der Waals surface area contributed by atoms with Crippen LogP contribution >= 0.6 is 0 Å². The molecule has 1 amide bonds. The van der Waals surface area contributed by atoms with Crippen molar-refractivity contribution in [1.29, 1.82) is 0 Å². The highest BCUT2D eigenvalue weighted by Crippen LogP contribution is 2.30. The van der Waals surface area contributed by atoms with Gasteiger partial charge in [0.05, 0.1) is 18.8 Å². The van der Waals surface area contributed by atoms with Gasteiger partial charge >= 0.3 is 0 Å². The highest BCUT2D eigenvalue weighted by Gasteiger charge is 2.25. The van der Waals surface area contributed by atoms with Crippen LogP contribution in [0, 0.1) is 12.7 Å². The third-order valence-corrected chi connectivity index (χ3v) is 6.44.